The number of fused-ring (bicyclic) bond motifs is 1. The van der Waals surface area contributed by atoms with Crippen LogP contribution in [0.1, 0.15) is 77.2 Å². The van der Waals surface area contributed by atoms with Gasteiger partial charge in [-0.15, -0.1) is 0 Å². The van der Waals surface area contributed by atoms with Gasteiger partial charge in [0.1, 0.15) is 11.4 Å². The number of rotatable bonds is 14. The summed E-state index contributed by atoms with van der Waals surface area (Å²) >= 11 is 0. The molecular formula is C33H41F3N4O3. The Morgan fingerprint density at radius 2 is 1.65 bits per heavy atom. The van der Waals surface area contributed by atoms with Gasteiger partial charge in [-0.25, -0.2) is 0 Å². The van der Waals surface area contributed by atoms with E-state index >= 15 is 0 Å². The summed E-state index contributed by atoms with van der Waals surface area (Å²) in [6.07, 6.45) is -1.27. The van der Waals surface area contributed by atoms with Crippen LogP contribution >= 0.6 is 0 Å². The first-order valence-corrected chi connectivity index (χ1v) is 15.0. The highest BCUT2D eigenvalue weighted by Gasteiger charge is 2.33. The van der Waals surface area contributed by atoms with E-state index in [2.05, 4.69) is 24.5 Å². The standard InChI is InChI=1S/C33H41F3N4O3/c1-3-9-26(10-4-2)39-17-18-40-28(15-16-29(40)32(39)43)31(42)38-27(20-23-11-6-5-7-12-23)30(41)22-37-21-24-13-8-14-25(19-24)33(34,35)36/h5-8,11-16,19,26-27,30,37,41H,3-4,9-10,17-18,20-22H2,1-2H3,(H,38,42)/t27-,30-/m0/s1. The highest BCUT2D eigenvalue weighted by molar-refractivity contribution is 5.99. The van der Waals surface area contributed by atoms with E-state index in [1.54, 1.807) is 22.8 Å². The number of hydrogen-bond acceptors (Lipinski definition) is 4. The predicted molar refractivity (Wildman–Crippen MR) is 160 cm³/mol. The first kappa shape index (κ1) is 32.3. The van der Waals surface area contributed by atoms with Crippen molar-refractivity contribution in [1.29, 1.82) is 0 Å². The minimum atomic E-state index is -4.44. The van der Waals surface area contributed by atoms with Crippen LogP contribution in [0, 0.1) is 0 Å². The van der Waals surface area contributed by atoms with Gasteiger partial charge in [-0.3, -0.25) is 9.59 Å². The van der Waals surface area contributed by atoms with Gasteiger partial charge in [-0.1, -0.05) is 75.2 Å². The zero-order chi connectivity index (χ0) is 31.0. The summed E-state index contributed by atoms with van der Waals surface area (Å²) in [4.78, 5) is 28.9. The Balaban J connectivity index is 1.45. The number of amides is 2. The number of halogens is 3. The number of carbonyl (C=O) groups excluding carboxylic acids is 2. The second kappa shape index (κ2) is 14.7. The molecule has 2 heterocycles. The number of nitrogens with zero attached hydrogens (tertiary/aromatic N) is 2. The van der Waals surface area contributed by atoms with Crippen LogP contribution in [-0.2, 0) is 25.7 Å². The molecule has 3 N–H and O–H groups in total. The van der Waals surface area contributed by atoms with Crippen molar-refractivity contribution in [3.05, 3.63) is 94.8 Å². The molecular weight excluding hydrogens is 557 g/mol. The number of alkyl halides is 3. The quantitative estimate of drug-likeness (QED) is 0.231. The van der Waals surface area contributed by atoms with E-state index in [9.17, 15) is 27.9 Å². The molecule has 4 rings (SSSR count). The Bertz CT molecular complexity index is 1350. The maximum atomic E-state index is 13.5. The van der Waals surface area contributed by atoms with Gasteiger partial charge in [-0.05, 0) is 48.6 Å². The minimum absolute atomic E-state index is 0.0456. The third-order valence-electron chi connectivity index (χ3n) is 7.96. The van der Waals surface area contributed by atoms with E-state index in [0.717, 1.165) is 43.4 Å². The number of aromatic nitrogens is 1. The first-order valence-electron chi connectivity index (χ1n) is 15.0. The number of benzene rings is 2. The zero-order valence-corrected chi connectivity index (χ0v) is 24.7. The molecule has 0 aliphatic carbocycles. The van der Waals surface area contributed by atoms with Crippen molar-refractivity contribution >= 4 is 11.8 Å². The summed E-state index contributed by atoms with van der Waals surface area (Å²) in [6, 6.07) is 17.3. The van der Waals surface area contributed by atoms with Crippen molar-refractivity contribution in [3.63, 3.8) is 0 Å². The van der Waals surface area contributed by atoms with Crippen molar-refractivity contribution in [3.8, 4) is 0 Å². The van der Waals surface area contributed by atoms with Gasteiger partial charge in [0.2, 0.25) is 0 Å². The average molecular weight is 599 g/mol. The monoisotopic (exact) mass is 598 g/mol. The fraction of sp³-hybridized carbons (Fsp3) is 0.455. The molecule has 7 nitrogen and oxygen atoms in total. The predicted octanol–water partition coefficient (Wildman–Crippen LogP) is 5.42. The average Bonchev–Trinajstić information content (AvgIpc) is 3.42. The number of aliphatic hydroxyl groups excluding tert-OH is 1. The smallest absolute Gasteiger partial charge is 0.390 e. The van der Waals surface area contributed by atoms with Crippen LogP contribution in [0.5, 0.6) is 0 Å². The SMILES string of the molecule is CCCC(CCC)N1CCn2c(C(=O)N[C@@H](Cc3ccccc3)[C@@H](O)CNCc3cccc(C(F)(F)F)c3)ccc2C1=O. The minimum Gasteiger partial charge on any atom is -0.390 e. The number of hydrogen-bond donors (Lipinski definition) is 3. The summed E-state index contributed by atoms with van der Waals surface area (Å²) in [5.41, 5.74) is 1.45. The third-order valence-corrected chi connectivity index (χ3v) is 7.96. The Labute approximate surface area is 251 Å². The molecule has 3 aromatic rings. The molecule has 2 atom stereocenters. The molecule has 232 valence electrons. The largest absolute Gasteiger partial charge is 0.416 e. The number of nitrogens with one attached hydrogen (secondary N) is 2. The van der Waals surface area contributed by atoms with Crippen molar-refractivity contribution < 1.29 is 27.9 Å². The van der Waals surface area contributed by atoms with Gasteiger partial charge < -0.3 is 25.2 Å². The topological polar surface area (TPSA) is 86.6 Å². The molecule has 0 bridgehead atoms. The second-order valence-corrected chi connectivity index (χ2v) is 11.2. The molecule has 1 aliphatic rings. The normalized spacial score (nSPS) is 15.0. The fourth-order valence-corrected chi connectivity index (χ4v) is 5.78. The Kier molecular flexibility index (Phi) is 11.0. The lowest BCUT2D eigenvalue weighted by Crippen LogP contribution is -2.50. The lowest BCUT2D eigenvalue weighted by Gasteiger charge is -2.36. The summed E-state index contributed by atoms with van der Waals surface area (Å²) < 4.78 is 41.0. The van der Waals surface area contributed by atoms with Crippen molar-refractivity contribution in [2.24, 2.45) is 0 Å². The maximum Gasteiger partial charge on any atom is 0.416 e. The molecule has 1 aliphatic heterocycles. The molecule has 2 aromatic carbocycles. The first-order chi connectivity index (χ1) is 20.6. The van der Waals surface area contributed by atoms with Gasteiger partial charge in [0.15, 0.2) is 0 Å². The molecule has 2 amide bonds. The Hall–Kier alpha value is -3.63. The fourth-order valence-electron chi connectivity index (χ4n) is 5.78. The van der Waals surface area contributed by atoms with Crippen LogP contribution < -0.4 is 10.6 Å². The van der Waals surface area contributed by atoms with Gasteiger partial charge in [0.25, 0.3) is 11.8 Å². The van der Waals surface area contributed by atoms with Crippen LogP contribution in [0.2, 0.25) is 0 Å². The highest BCUT2D eigenvalue weighted by Crippen LogP contribution is 2.29. The lowest BCUT2D eigenvalue weighted by molar-refractivity contribution is -0.137. The van der Waals surface area contributed by atoms with Crippen LogP contribution in [0.25, 0.3) is 0 Å². The summed E-state index contributed by atoms with van der Waals surface area (Å²) in [5.74, 6) is -0.471. The van der Waals surface area contributed by atoms with Crippen molar-refractivity contribution in [1.82, 2.24) is 20.1 Å². The van der Waals surface area contributed by atoms with E-state index in [1.807, 2.05) is 35.2 Å². The molecule has 0 saturated heterocycles. The van der Waals surface area contributed by atoms with Gasteiger partial charge >= 0.3 is 6.18 Å². The van der Waals surface area contributed by atoms with Gasteiger partial charge in [0, 0.05) is 32.2 Å². The van der Waals surface area contributed by atoms with Gasteiger partial charge in [-0.2, -0.15) is 13.2 Å². The Morgan fingerprint density at radius 1 is 0.953 bits per heavy atom. The molecule has 0 spiro atoms. The zero-order valence-electron chi connectivity index (χ0n) is 24.7. The Morgan fingerprint density at radius 3 is 2.33 bits per heavy atom. The van der Waals surface area contributed by atoms with E-state index in [4.69, 9.17) is 0 Å². The third kappa shape index (κ3) is 8.26. The van der Waals surface area contributed by atoms with E-state index in [-0.39, 0.29) is 25.0 Å². The van der Waals surface area contributed by atoms with Crippen LogP contribution in [0.15, 0.2) is 66.7 Å². The lowest BCUT2D eigenvalue weighted by atomic mass is 10.0. The molecule has 0 fully saturated rings. The number of aliphatic hydroxyl groups is 1. The van der Waals surface area contributed by atoms with Crippen molar-refractivity contribution in [2.45, 2.75) is 83.4 Å². The van der Waals surface area contributed by atoms with Crippen LogP contribution in [-0.4, -0.2) is 57.7 Å². The van der Waals surface area contributed by atoms with E-state index in [1.165, 1.54) is 6.07 Å². The second-order valence-electron chi connectivity index (χ2n) is 11.2. The van der Waals surface area contributed by atoms with E-state index in [0.29, 0.717) is 36.5 Å². The van der Waals surface area contributed by atoms with E-state index < -0.39 is 29.8 Å². The highest BCUT2D eigenvalue weighted by atomic mass is 19.4. The molecule has 10 heteroatoms. The van der Waals surface area contributed by atoms with Crippen molar-refractivity contribution in [2.75, 3.05) is 13.1 Å². The summed E-state index contributed by atoms with van der Waals surface area (Å²) in [7, 11) is 0. The maximum absolute atomic E-state index is 13.5. The molecule has 43 heavy (non-hydrogen) atoms. The number of carbonyl (C=O) groups is 2. The van der Waals surface area contributed by atoms with Crippen LogP contribution in [0.4, 0.5) is 13.2 Å². The molecule has 0 radical (unpaired) electrons. The van der Waals surface area contributed by atoms with Gasteiger partial charge in [0.05, 0.1) is 17.7 Å². The summed E-state index contributed by atoms with van der Waals surface area (Å²) in [5, 5.41) is 17.1. The summed E-state index contributed by atoms with van der Waals surface area (Å²) in [6.45, 7) is 5.43. The molecule has 0 saturated carbocycles. The van der Waals surface area contributed by atoms with Crippen LogP contribution in [0.3, 0.4) is 0 Å². The molecule has 1 aromatic heterocycles. The molecule has 0 unspecified atom stereocenters.